The molecule has 3 aromatic heterocycles. The van der Waals surface area contributed by atoms with Crippen LogP contribution in [0.2, 0.25) is 0 Å². The first-order valence-electron chi connectivity index (χ1n) is 19.9. The second kappa shape index (κ2) is 12.9. The van der Waals surface area contributed by atoms with Gasteiger partial charge in [0, 0.05) is 55.4 Å². The SMILES string of the molecule is c1ccc(N(c2ccccc2)c2cccc(N(c3ccccc3)c3ccccc3-n3c4cccc5c6cccc7c8ccccc8n(c8cccc3c8c54)c67)c2)cc1. The predicted molar refractivity (Wildman–Crippen MR) is 245 cm³/mol. The van der Waals surface area contributed by atoms with Gasteiger partial charge in [0.15, 0.2) is 0 Å². The van der Waals surface area contributed by atoms with Crippen LogP contribution in [0.3, 0.4) is 0 Å². The first-order chi connectivity index (χ1) is 28.8. The minimum Gasteiger partial charge on any atom is -0.310 e. The third-order valence-corrected chi connectivity index (χ3v) is 11.8. The summed E-state index contributed by atoms with van der Waals surface area (Å²) in [6.45, 7) is 0. The Bertz CT molecular complexity index is 3420. The maximum Gasteiger partial charge on any atom is 0.0702 e. The van der Waals surface area contributed by atoms with Crippen molar-refractivity contribution in [3.8, 4) is 5.69 Å². The molecule has 0 radical (unpaired) electrons. The maximum absolute atomic E-state index is 2.50. The van der Waals surface area contributed by atoms with E-state index in [2.05, 4.69) is 237 Å². The molecule has 0 fully saturated rings. The quantitative estimate of drug-likeness (QED) is 0.162. The Hall–Kier alpha value is -7.82. The Labute approximate surface area is 335 Å². The molecule has 12 aromatic rings. The van der Waals surface area contributed by atoms with Gasteiger partial charge in [-0.2, -0.15) is 0 Å². The van der Waals surface area contributed by atoms with E-state index in [4.69, 9.17) is 0 Å². The third kappa shape index (κ3) is 4.76. The summed E-state index contributed by atoms with van der Waals surface area (Å²) >= 11 is 0. The molecule has 0 amide bonds. The van der Waals surface area contributed by atoms with Gasteiger partial charge in [0.25, 0.3) is 0 Å². The molecule has 0 aliphatic heterocycles. The standard InChI is InChI=1S/C54H36N4/c1-4-18-37(19-5-1)55(38-20-6-2-7-21-38)40-24-14-25-41(36-40)56(39-22-8-3-9-23-39)47-31-12-13-32-48(47)57-49-33-16-27-43-45-29-15-28-44-42-26-10-11-30-46(42)58(54(44)45)51-35-17-34-50(57)53(51)52(43)49/h1-36H. The summed E-state index contributed by atoms with van der Waals surface area (Å²) in [5, 5.41) is 7.61. The minimum absolute atomic E-state index is 1.06. The van der Waals surface area contributed by atoms with Gasteiger partial charge in [-0.15, -0.1) is 0 Å². The second-order valence-electron chi connectivity index (χ2n) is 14.9. The van der Waals surface area contributed by atoms with Gasteiger partial charge < -0.3 is 18.8 Å². The number of anilines is 6. The number of para-hydroxylation sites is 7. The predicted octanol–water partition coefficient (Wildman–Crippen LogP) is 14.9. The lowest BCUT2D eigenvalue weighted by Gasteiger charge is -2.30. The molecule has 0 unspecified atom stereocenters. The molecule has 0 atom stereocenters. The number of rotatable bonds is 7. The summed E-state index contributed by atoms with van der Waals surface area (Å²) in [4.78, 5) is 4.73. The van der Waals surface area contributed by atoms with Crippen molar-refractivity contribution in [2.24, 2.45) is 0 Å². The molecule has 4 heteroatoms. The van der Waals surface area contributed by atoms with Gasteiger partial charge >= 0.3 is 0 Å². The molecule has 0 spiro atoms. The highest BCUT2D eigenvalue weighted by Crippen LogP contribution is 2.47. The molecule has 0 N–H and O–H groups in total. The summed E-state index contributed by atoms with van der Waals surface area (Å²) in [5.74, 6) is 0. The zero-order valence-electron chi connectivity index (χ0n) is 31.6. The molecular weight excluding hydrogens is 705 g/mol. The Kier molecular flexibility index (Phi) is 7.20. The molecule has 0 saturated heterocycles. The lowest BCUT2D eigenvalue weighted by molar-refractivity contribution is 1.15. The number of hydrogen-bond donors (Lipinski definition) is 0. The average molecular weight is 741 g/mol. The lowest BCUT2D eigenvalue weighted by atomic mass is 10.0. The van der Waals surface area contributed by atoms with Crippen molar-refractivity contribution in [1.29, 1.82) is 0 Å². The first kappa shape index (κ1) is 32.4. The van der Waals surface area contributed by atoms with Crippen LogP contribution in [0.5, 0.6) is 0 Å². The minimum atomic E-state index is 1.06. The summed E-state index contributed by atoms with van der Waals surface area (Å²) < 4.78 is 4.99. The normalized spacial score (nSPS) is 11.8. The summed E-state index contributed by atoms with van der Waals surface area (Å²) in [6, 6.07) is 79.0. The van der Waals surface area contributed by atoms with E-state index in [0.717, 1.165) is 39.8 Å². The highest BCUT2D eigenvalue weighted by molar-refractivity contribution is 6.31. The molecule has 0 aliphatic carbocycles. The van der Waals surface area contributed by atoms with Crippen LogP contribution >= 0.6 is 0 Å². The number of aromatic nitrogens is 2. The van der Waals surface area contributed by atoms with E-state index in [9.17, 15) is 0 Å². The van der Waals surface area contributed by atoms with Gasteiger partial charge in [-0.1, -0.05) is 127 Å². The van der Waals surface area contributed by atoms with Crippen LogP contribution in [0.25, 0.3) is 65.6 Å². The molecule has 272 valence electrons. The molecule has 4 nitrogen and oxygen atoms in total. The Morgan fingerprint density at radius 3 is 1.47 bits per heavy atom. The van der Waals surface area contributed by atoms with Gasteiger partial charge in [-0.05, 0) is 96.4 Å². The number of hydrogen-bond acceptors (Lipinski definition) is 2. The van der Waals surface area contributed by atoms with Crippen molar-refractivity contribution in [2.45, 2.75) is 0 Å². The van der Waals surface area contributed by atoms with Crippen molar-refractivity contribution < 1.29 is 0 Å². The van der Waals surface area contributed by atoms with Crippen LogP contribution in [-0.4, -0.2) is 8.97 Å². The van der Waals surface area contributed by atoms with E-state index in [-0.39, 0.29) is 0 Å². The highest BCUT2D eigenvalue weighted by atomic mass is 15.2. The third-order valence-electron chi connectivity index (χ3n) is 11.8. The van der Waals surface area contributed by atoms with Crippen molar-refractivity contribution in [3.63, 3.8) is 0 Å². The largest absolute Gasteiger partial charge is 0.310 e. The summed E-state index contributed by atoms with van der Waals surface area (Å²) in [5.41, 5.74) is 13.7. The van der Waals surface area contributed by atoms with Crippen LogP contribution in [0.15, 0.2) is 218 Å². The van der Waals surface area contributed by atoms with E-state index < -0.39 is 0 Å². The van der Waals surface area contributed by atoms with E-state index in [1.807, 2.05) is 0 Å². The topological polar surface area (TPSA) is 15.8 Å². The maximum atomic E-state index is 2.50. The van der Waals surface area contributed by atoms with Crippen LogP contribution in [-0.2, 0) is 0 Å². The Balaban J connectivity index is 1.14. The van der Waals surface area contributed by atoms with Gasteiger partial charge in [0.1, 0.15) is 0 Å². The smallest absolute Gasteiger partial charge is 0.0702 e. The summed E-state index contributed by atoms with van der Waals surface area (Å²) in [7, 11) is 0. The molecule has 3 heterocycles. The fourth-order valence-electron chi connectivity index (χ4n) is 9.47. The zero-order valence-corrected chi connectivity index (χ0v) is 31.6. The highest BCUT2D eigenvalue weighted by Gasteiger charge is 2.25. The molecule has 9 aromatic carbocycles. The molecule has 12 rings (SSSR count). The van der Waals surface area contributed by atoms with E-state index in [0.29, 0.717) is 0 Å². The lowest BCUT2D eigenvalue weighted by Crippen LogP contribution is -2.14. The van der Waals surface area contributed by atoms with E-state index >= 15 is 0 Å². The number of nitrogens with zero attached hydrogens (tertiary/aromatic N) is 4. The molecule has 0 aliphatic rings. The average Bonchev–Trinajstić information content (AvgIpc) is 3.77. The van der Waals surface area contributed by atoms with Gasteiger partial charge in [-0.25, -0.2) is 0 Å². The molecule has 58 heavy (non-hydrogen) atoms. The van der Waals surface area contributed by atoms with Crippen LogP contribution < -0.4 is 9.80 Å². The number of fused-ring (bicyclic) bond motifs is 5. The van der Waals surface area contributed by atoms with Crippen molar-refractivity contribution in [3.05, 3.63) is 218 Å². The Morgan fingerprint density at radius 2 is 0.741 bits per heavy atom. The first-order valence-corrected chi connectivity index (χ1v) is 19.9. The van der Waals surface area contributed by atoms with Crippen LogP contribution in [0.4, 0.5) is 34.1 Å². The van der Waals surface area contributed by atoms with E-state index in [1.54, 1.807) is 0 Å². The van der Waals surface area contributed by atoms with Crippen LogP contribution in [0, 0.1) is 0 Å². The van der Waals surface area contributed by atoms with Gasteiger partial charge in [0.2, 0.25) is 0 Å². The van der Waals surface area contributed by atoms with E-state index in [1.165, 1.54) is 59.9 Å². The monoisotopic (exact) mass is 740 g/mol. The summed E-state index contributed by atoms with van der Waals surface area (Å²) in [6.07, 6.45) is 0. The molecular formula is C54H36N4. The van der Waals surface area contributed by atoms with Crippen LogP contribution in [0.1, 0.15) is 0 Å². The molecule has 0 saturated carbocycles. The van der Waals surface area contributed by atoms with Crippen molar-refractivity contribution in [1.82, 2.24) is 8.97 Å². The van der Waals surface area contributed by atoms with Crippen molar-refractivity contribution >= 4 is 94.0 Å². The molecule has 0 bridgehead atoms. The Morgan fingerprint density at radius 1 is 0.293 bits per heavy atom. The van der Waals surface area contributed by atoms with Gasteiger partial charge in [0.05, 0.1) is 39.0 Å². The number of benzene rings is 9. The zero-order chi connectivity index (χ0) is 38.2. The van der Waals surface area contributed by atoms with Gasteiger partial charge in [-0.3, -0.25) is 0 Å². The second-order valence-corrected chi connectivity index (χ2v) is 14.9. The fourth-order valence-corrected chi connectivity index (χ4v) is 9.47. The fraction of sp³-hybridized carbons (Fsp3) is 0. The van der Waals surface area contributed by atoms with Crippen molar-refractivity contribution in [2.75, 3.05) is 9.80 Å².